The van der Waals surface area contributed by atoms with E-state index in [0.29, 0.717) is 25.7 Å². The third kappa shape index (κ3) is 6.30. The predicted octanol–water partition coefficient (Wildman–Crippen LogP) is 3.21. The van der Waals surface area contributed by atoms with E-state index in [-0.39, 0.29) is 23.8 Å². The van der Waals surface area contributed by atoms with Gasteiger partial charge in [-0.2, -0.15) is 0 Å². The maximum absolute atomic E-state index is 12.4. The molecule has 21 heavy (non-hydrogen) atoms. The molecule has 1 saturated heterocycles. The van der Waals surface area contributed by atoms with E-state index in [9.17, 15) is 9.59 Å². The standard InChI is InChI=1S/C16H30O4Si/c1-7-16(3,14(17)8-13-10-19-13)9-12(2)15(18)20-11-21(4,5)6/h12-13H,7-11H2,1-6H3. The Balaban J connectivity index is 2.53. The zero-order valence-electron chi connectivity index (χ0n) is 14.3. The van der Waals surface area contributed by atoms with Gasteiger partial charge in [-0.15, -0.1) is 0 Å². The molecule has 5 heteroatoms. The lowest BCUT2D eigenvalue weighted by Crippen LogP contribution is -2.35. The van der Waals surface area contributed by atoms with Gasteiger partial charge in [-0.25, -0.2) is 0 Å². The zero-order chi connectivity index (χ0) is 16.3. The SMILES string of the molecule is CCC(C)(CC(C)C(=O)OC[Si](C)(C)C)C(=O)CC1CO1. The molecule has 4 nitrogen and oxygen atoms in total. The van der Waals surface area contributed by atoms with Crippen LogP contribution in [-0.4, -0.2) is 38.8 Å². The second-order valence-corrected chi connectivity index (χ2v) is 13.2. The van der Waals surface area contributed by atoms with Crippen LogP contribution < -0.4 is 0 Å². The number of rotatable bonds is 9. The van der Waals surface area contributed by atoms with Gasteiger partial charge in [-0.1, -0.05) is 40.4 Å². The van der Waals surface area contributed by atoms with Gasteiger partial charge in [0.05, 0.1) is 32.9 Å². The molecule has 1 rings (SSSR count). The van der Waals surface area contributed by atoms with Crippen LogP contribution in [0.5, 0.6) is 0 Å². The van der Waals surface area contributed by atoms with Gasteiger partial charge in [0.15, 0.2) is 0 Å². The second kappa shape index (κ2) is 7.05. The number of hydrogen-bond acceptors (Lipinski definition) is 4. The quantitative estimate of drug-likeness (QED) is 0.372. The number of hydrogen-bond donors (Lipinski definition) is 0. The Morgan fingerprint density at radius 1 is 1.38 bits per heavy atom. The molecule has 0 bridgehead atoms. The van der Waals surface area contributed by atoms with Crippen LogP contribution in [-0.2, 0) is 19.1 Å². The lowest BCUT2D eigenvalue weighted by Gasteiger charge is -2.29. The van der Waals surface area contributed by atoms with E-state index < -0.39 is 13.5 Å². The molecule has 0 spiro atoms. The summed E-state index contributed by atoms with van der Waals surface area (Å²) in [5.41, 5.74) is -0.455. The van der Waals surface area contributed by atoms with E-state index >= 15 is 0 Å². The highest BCUT2D eigenvalue weighted by molar-refractivity contribution is 6.76. The fourth-order valence-corrected chi connectivity index (χ4v) is 2.86. The Morgan fingerprint density at radius 2 is 1.95 bits per heavy atom. The van der Waals surface area contributed by atoms with Crippen LogP contribution in [0.25, 0.3) is 0 Å². The minimum absolute atomic E-state index is 0.109. The highest BCUT2D eigenvalue weighted by Crippen LogP contribution is 2.34. The second-order valence-electron chi connectivity index (χ2n) is 7.77. The summed E-state index contributed by atoms with van der Waals surface area (Å²) >= 11 is 0. The van der Waals surface area contributed by atoms with E-state index in [1.807, 2.05) is 20.8 Å². The van der Waals surface area contributed by atoms with E-state index in [0.717, 1.165) is 6.42 Å². The Hall–Kier alpha value is -0.683. The van der Waals surface area contributed by atoms with E-state index in [1.54, 1.807) is 0 Å². The normalized spacial score (nSPS) is 22.3. The minimum Gasteiger partial charge on any atom is -0.469 e. The minimum atomic E-state index is -1.39. The Morgan fingerprint density at radius 3 is 2.38 bits per heavy atom. The van der Waals surface area contributed by atoms with Crippen molar-refractivity contribution in [2.24, 2.45) is 11.3 Å². The maximum atomic E-state index is 12.4. The molecule has 0 radical (unpaired) electrons. The molecule has 1 fully saturated rings. The molecule has 0 aromatic heterocycles. The van der Waals surface area contributed by atoms with Crippen molar-refractivity contribution in [2.45, 2.75) is 65.8 Å². The highest BCUT2D eigenvalue weighted by Gasteiger charge is 2.38. The van der Waals surface area contributed by atoms with Gasteiger partial charge in [-0.05, 0) is 12.8 Å². The van der Waals surface area contributed by atoms with Crippen molar-refractivity contribution in [3.63, 3.8) is 0 Å². The fourth-order valence-electron chi connectivity index (χ4n) is 2.28. The maximum Gasteiger partial charge on any atom is 0.308 e. The molecule has 0 saturated carbocycles. The summed E-state index contributed by atoms with van der Waals surface area (Å²) in [5, 5.41) is 0. The van der Waals surface area contributed by atoms with Crippen molar-refractivity contribution in [1.29, 1.82) is 0 Å². The van der Waals surface area contributed by atoms with Crippen LogP contribution in [0.1, 0.15) is 40.0 Å². The van der Waals surface area contributed by atoms with Crippen LogP contribution in [0.4, 0.5) is 0 Å². The number of ether oxygens (including phenoxy) is 2. The third-order valence-corrected chi connectivity index (χ3v) is 5.09. The van der Waals surface area contributed by atoms with Gasteiger partial charge in [0.1, 0.15) is 5.78 Å². The molecule has 0 aliphatic carbocycles. The van der Waals surface area contributed by atoms with Crippen molar-refractivity contribution in [3.05, 3.63) is 0 Å². The Labute approximate surface area is 129 Å². The molecular formula is C16H30O4Si. The van der Waals surface area contributed by atoms with Crippen molar-refractivity contribution < 1.29 is 19.1 Å². The molecule has 3 unspecified atom stereocenters. The average Bonchev–Trinajstić information content (AvgIpc) is 3.18. The van der Waals surface area contributed by atoms with Crippen LogP contribution in [0.3, 0.4) is 0 Å². The summed E-state index contributed by atoms with van der Waals surface area (Å²) < 4.78 is 10.6. The van der Waals surface area contributed by atoms with E-state index in [2.05, 4.69) is 19.6 Å². The highest BCUT2D eigenvalue weighted by atomic mass is 28.3. The van der Waals surface area contributed by atoms with E-state index in [4.69, 9.17) is 9.47 Å². The predicted molar refractivity (Wildman–Crippen MR) is 85.8 cm³/mol. The average molecular weight is 314 g/mol. The molecule has 1 aliphatic rings. The number of carbonyl (C=O) groups is 2. The van der Waals surface area contributed by atoms with Gasteiger partial charge in [0.2, 0.25) is 0 Å². The third-order valence-electron chi connectivity index (χ3n) is 4.08. The molecule has 0 N–H and O–H groups in total. The summed E-state index contributed by atoms with van der Waals surface area (Å²) in [7, 11) is -1.39. The van der Waals surface area contributed by atoms with Crippen molar-refractivity contribution >= 4 is 19.8 Å². The molecular weight excluding hydrogens is 284 g/mol. The summed E-state index contributed by atoms with van der Waals surface area (Å²) in [4.78, 5) is 24.5. The summed E-state index contributed by atoms with van der Waals surface area (Å²) in [5.74, 6) is -0.208. The first kappa shape index (κ1) is 18.4. The zero-order valence-corrected chi connectivity index (χ0v) is 15.3. The van der Waals surface area contributed by atoms with Gasteiger partial charge >= 0.3 is 5.97 Å². The van der Waals surface area contributed by atoms with Gasteiger partial charge < -0.3 is 9.47 Å². The first-order valence-electron chi connectivity index (χ1n) is 7.89. The Bertz CT molecular complexity index is 384. The molecule has 122 valence electrons. The largest absolute Gasteiger partial charge is 0.469 e. The van der Waals surface area contributed by atoms with Crippen molar-refractivity contribution in [2.75, 3.05) is 12.8 Å². The van der Waals surface area contributed by atoms with Gasteiger partial charge in [0, 0.05) is 11.8 Å². The summed E-state index contributed by atoms with van der Waals surface area (Å²) in [6.45, 7) is 13.0. The summed E-state index contributed by atoms with van der Waals surface area (Å²) in [6.07, 6.45) is 2.42. The number of epoxide rings is 1. The first-order valence-corrected chi connectivity index (χ1v) is 11.6. The fraction of sp³-hybridized carbons (Fsp3) is 0.875. The van der Waals surface area contributed by atoms with Crippen LogP contribution in [0.2, 0.25) is 19.6 Å². The number of esters is 1. The monoisotopic (exact) mass is 314 g/mol. The Kier molecular flexibility index (Phi) is 6.17. The molecule has 1 aliphatic heterocycles. The summed E-state index contributed by atoms with van der Waals surface area (Å²) in [6, 6.07) is 0. The molecule has 0 amide bonds. The lowest BCUT2D eigenvalue weighted by atomic mass is 9.74. The number of ketones is 1. The van der Waals surface area contributed by atoms with Crippen molar-refractivity contribution in [1.82, 2.24) is 0 Å². The number of carbonyl (C=O) groups excluding carboxylic acids is 2. The number of Topliss-reactive ketones (excluding diaryl/α,β-unsaturated/α-hetero) is 1. The van der Waals surface area contributed by atoms with Gasteiger partial charge in [0.25, 0.3) is 0 Å². The van der Waals surface area contributed by atoms with Crippen LogP contribution in [0.15, 0.2) is 0 Å². The van der Waals surface area contributed by atoms with E-state index in [1.165, 1.54) is 0 Å². The lowest BCUT2D eigenvalue weighted by molar-refractivity contribution is -0.148. The molecule has 1 heterocycles. The molecule has 0 aromatic carbocycles. The molecule has 3 atom stereocenters. The van der Waals surface area contributed by atoms with Crippen LogP contribution >= 0.6 is 0 Å². The molecule has 0 aromatic rings. The van der Waals surface area contributed by atoms with Crippen molar-refractivity contribution in [3.8, 4) is 0 Å². The first-order chi connectivity index (χ1) is 9.57. The smallest absolute Gasteiger partial charge is 0.308 e. The van der Waals surface area contributed by atoms with Crippen LogP contribution in [0, 0.1) is 11.3 Å². The topological polar surface area (TPSA) is 55.9 Å². The van der Waals surface area contributed by atoms with Gasteiger partial charge in [-0.3, -0.25) is 9.59 Å².